The maximum Gasteiger partial charge on any atom is 0.345 e. The normalized spacial score (nSPS) is 23.8. The average Bonchev–Trinajstić information content (AvgIpc) is 2.96. The molecule has 1 fully saturated rings. The minimum atomic E-state index is -1.10. The van der Waals surface area contributed by atoms with Crippen LogP contribution in [0.4, 0.5) is 9.59 Å². The quantitative estimate of drug-likeness (QED) is 0.512. The van der Waals surface area contributed by atoms with Gasteiger partial charge in [0.05, 0.1) is 13.7 Å². The number of fused-ring (bicyclic) bond motifs is 4. The Morgan fingerprint density at radius 3 is 2.85 bits per heavy atom. The molecule has 10 heteroatoms. The zero-order valence-electron chi connectivity index (χ0n) is 10.4. The van der Waals surface area contributed by atoms with Crippen LogP contribution in [0.1, 0.15) is 23.3 Å². The number of primary amides is 1. The van der Waals surface area contributed by atoms with Gasteiger partial charge in [0.15, 0.2) is 6.04 Å². The van der Waals surface area contributed by atoms with Crippen molar-refractivity contribution in [1.82, 2.24) is 19.7 Å². The highest BCUT2D eigenvalue weighted by atomic mass is 16.5. The number of urea groups is 1. The van der Waals surface area contributed by atoms with E-state index in [9.17, 15) is 19.6 Å². The molecule has 20 heavy (non-hydrogen) atoms. The van der Waals surface area contributed by atoms with E-state index < -0.39 is 30.1 Å². The fourth-order valence-corrected chi connectivity index (χ4v) is 2.53. The second-order valence-electron chi connectivity index (χ2n) is 4.47. The number of hydrogen-bond acceptors (Lipinski definition) is 6. The fourth-order valence-electron chi connectivity index (χ4n) is 2.53. The molecule has 106 valence electrons. The Morgan fingerprint density at radius 2 is 2.25 bits per heavy atom. The third kappa shape index (κ3) is 1.42. The molecule has 2 atom stereocenters. The standard InChI is InChI=1S/C10H11N5O5/c1-20-8(16)7-6-4(2-14(12-6)9(11)17)5-3-13(7)10(18)15(5)19/h2,5,7,19H,3H2,1H3,(H2,11,17). The van der Waals surface area contributed by atoms with Crippen molar-refractivity contribution in [2.75, 3.05) is 13.7 Å². The van der Waals surface area contributed by atoms with Crippen molar-refractivity contribution in [3.63, 3.8) is 0 Å². The number of nitrogens with two attached hydrogens (primary N) is 1. The first-order valence-corrected chi connectivity index (χ1v) is 5.71. The largest absolute Gasteiger partial charge is 0.467 e. The highest BCUT2D eigenvalue weighted by Gasteiger charge is 2.52. The Labute approximate surface area is 112 Å². The molecule has 3 N–H and O–H groups in total. The van der Waals surface area contributed by atoms with Crippen molar-refractivity contribution >= 4 is 18.0 Å². The lowest BCUT2D eigenvalue weighted by Gasteiger charge is -2.27. The molecule has 0 radical (unpaired) electrons. The topological polar surface area (TPSA) is 131 Å². The smallest absolute Gasteiger partial charge is 0.345 e. The summed E-state index contributed by atoms with van der Waals surface area (Å²) in [5.41, 5.74) is 5.70. The van der Waals surface area contributed by atoms with Crippen LogP contribution in [-0.4, -0.2) is 56.6 Å². The second kappa shape index (κ2) is 3.93. The molecule has 1 aromatic heterocycles. The molecule has 1 aromatic rings. The SMILES string of the molecule is COC(=O)C1c2nn(C(N)=O)cc2C2CN1C(=O)N2O. The maximum atomic E-state index is 11.9. The molecule has 3 amide bonds. The first-order valence-electron chi connectivity index (χ1n) is 5.71. The summed E-state index contributed by atoms with van der Waals surface area (Å²) < 4.78 is 5.51. The summed E-state index contributed by atoms with van der Waals surface area (Å²) in [6.45, 7) is 0.104. The molecule has 2 aliphatic rings. The molecule has 0 saturated carbocycles. The number of carbonyl (C=O) groups is 3. The number of hydroxylamine groups is 2. The van der Waals surface area contributed by atoms with Crippen LogP contribution in [-0.2, 0) is 9.53 Å². The van der Waals surface area contributed by atoms with E-state index in [1.165, 1.54) is 13.3 Å². The Hall–Kier alpha value is -2.62. The Balaban J connectivity index is 2.16. The van der Waals surface area contributed by atoms with E-state index in [4.69, 9.17) is 5.73 Å². The summed E-state index contributed by atoms with van der Waals surface area (Å²) in [5.74, 6) is -0.705. The molecular weight excluding hydrogens is 270 g/mol. The number of amides is 3. The molecule has 0 aromatic carbocycles. The van der Waals surface area contributed by atoms with Crippen LogP contribution in [0, 0.1) is 0 Å². The van der Waals surface area contributed by atoms with Gasteiger partial charge in [0.1, 0.15) is 11.7 Å². The Morgan fingerprint density at radius 1 is 1.55 bits per heavy atom. The monoisotopic (exact) mass is 281 g/mol. The molecule has 3 heterocycles. The van der Waals surface area contributed by atoms with Crippen molar-refractivity contribution in [3.8, 4) is 0 Å². The van der Waals surface area contributed by atoms with Gasteiger partial charge in [0, 0.05) is 11.8 Å². The summed E-state index contributed by atoms with van der Waals surface area (Å²) in [7, 11) is 1.18. The molecule has 0 aliphatic carbocycles. The summed E-state index contributed by atoms with van der Waals surface area (Å²) >= 11 is 0. The molecule has 3 rings (SSSR count). The van der Waals surface area contributed by atoms with Gasteiger partial charge in [-0.1, -0.05) is 0 Å². The predicted molar refractivity (Wildman–Crippen MR) is 60.4 cm³/mol. The molecule has 2 unspecified atom stereocenters. The van der Waals surface area contributed by atoms with Crippen molar-refractivity contribution in [1.29, 1.82) is 0 Å². The van der Waals surface area contributed by atoms with E-state index >= 15 is 0 Å². The van der Waals surface area contributed by atoms with Crippen LogP contribution < -0.4 is 5.73 Å². The number of rotatable bonds is 1. The van der Waals surface area contributed by atoms with E-state index in [0.717, 1.165) is 9.58 Å². The summed E-state index contributed by atoms with van der Waals surface area (Å²) in [6.07, 6.45) is 1.30. The molecule has 0 spiro atoms. The minimum absolute atomic E-state index is 0.104. The first-order chi connectivity index (χ1) is 9.45. The zero-order chi connectivity index (χ0) is 14.6. The van der Waals surface area contributed by atoms with E-state index in [1.54, 1.807) is 0 Å². The third-order valence-corrected chi connectivity index (χ3v) is 3.46. The van der Waals surface area contributed by atoms with Gasteiger partial charge in [-0.3, -0.25) is 5.21 Å². The van der Waals surface area contributed by atoms with E-state index in [1.807, 2.05) is 0 Å². The van der Waals surface area contributed by atoms with Crippen molar-refractivity contribution in [2.45, 2.75) is 12.1 Å². The van der Waals surface area contributed by atoms with Crippen LogP contribution >= 0.6 is 0 Å². The third-order valence-electron chi connectivity index (χ3n) is 3.46. The van der Waals surface area contributed by atoms with Gasteiger partial charge in [-0.25, -0.2) is 14.4 Å². The van der Waals surface area contributed by atoms with E-state index in [2.05, 4.69) is 9.84 Å². The van der Waals surface area contributed by atoms with Crippen molar-refractivity contribution < 1.29 is 24.3 Å². The van der Waals surface area contributed by atoms with Gasteiger partial charge >= 0.3 is 18.0 Å². The number of hydrogen-bond donors (Lipinski definition) is 2. The lowest BCUT2D eigenvalue weighted by molar-refractivity contribution is -0.146. The number of carbonyl (C=O) groups excluding carboxylic acids is 3. The average molecular weight is 281 g/mol. The molecule has 10 nitrogen and oxygen atoms in total. The van der Waals surface area contributed by atoms with Gasteiger partial charge in [-0.2, -0.15) is 14.8 Å². The lowest BCUT2D eigenvalue weighted by atomic mass is 9.98. The van der Waals surface area contributed by atoms with Gasteiger partial charge in [0.25, 0.3) is 0 Å². The van der Waals surface area contributed by atoms with Crippen LogP contribution in [0.25, 0.3) is 0 Å². The second-order valence-corrected chi connectivity index (χ2v) is 4.47. The number of methoxy groups -OCH3 is 1. The molecule has 2 aliphatic heterocycles. The predicted octanol–water partition coefficient (Wildman–Crippen LogP) is -0.794. The Bertz CT molecular complexity index is 626. The number of aromatic nitrogens is 2. The number of ether oxygens (including phenoxy) is 1. The van der Waals surface area contributed by atoms with Gasteiger partial charge in [0.2, 0.25) is 0 Å². The summed E-state index contributed by atoms with van der Waals surface area (Å²) in [4.78, 5) is 36.0. The highest BCUT2D eigenvalue weighted by Crippen LogP contribution is 2.42. The highest BCUT2D eigenvalue weighted by molar-refractivity contribution is 5.87. The molecule has 2 bridgehead atoms. The molecular formula is C10H11N5O5. The Kier molecular flexibility index (Phi) is 2.44. The van der Waals surface area contributed by atoms with Crippen molar-refractivity contribution in [3.05, 3.63) is 17.5 Å². The van der Waals surface area contributed by atoms with Crippen molar-refractivity contribution in [2.24, 2.45) is 5.73 Å². The molecule has 1 saturated heterocycles. The summed E-state index contributed by atoms with van der Waals surface area (Å²) in [6, 6.07) is -3.33. The zero-order valence-corrected chi connectivity index (χ0v) is 10.4. The van der Waals surface area contributed by atoms with E-state index in [-0.39, 0.29) is 12.2 Å². The van der Waals surface area contributed by atoms with Gasteiger partial charge < -0.3 is 15.4 Å². The maximum absolute atomic E-state index is 11.9. The first kappa shape index (κ1) is 12.4. The van der Waals surface area contributed by atoms with Crippen LogP contribution in [0.2, 0.25) is 0 Å². The number of esters is 1. The van der Waals surface area contributed by atoms with E-state index in [0.29, 0.717) is 10.6 Å². The van der Waals surface area contributed by atoms with Gasteiger partial charge in [-0.05, 0) is 0 Å². The van der Waals surface area contributed by atoms with Gasteiger partial charge in [-0.15, -0.1) is 0 Å². The number of nitrogens with zero attached hydrogens (tertiary/aromatic N) is 4. The fraction of sp³-hybridized carbons (Fsp3) is 0.400. The van der Waals surface area contributed by atoms with Crippen LogP contribution in [0.5, 0.6) is 0 Å². The summed E-state index contributed by atoms with van der Waals surface area (Å²) in [5, 5.41) is 14.2. The minimum Gasteiger partial charge on any atom is -0.467 e. The van der Waals surface area contributed by atoms with Crippen LogP contribution in [0.15, 0.2) is 6.20 Å². The van der Waals surface area contributed by atoms with Crippen LogP contribution in [0.3, 0.4) is 0 Å². The lowest BCUT2D eigenvalue weighted by Crippen LogP contribution is -2.39.